The Bertz CT molecular complexity index is 639. The molecule has 2 aromatic rings. The molecule has 4 nitrogen and oxygen atoms in total. The van der Waals surface area contributed by atoms with E-state index in [1.165, 1.54) is 11.8 Å². The molecule has 0 bridgehead atoms. The maximum atomic E-state index is 11.8. The van der Waals surface area contributed by atoms with Crippen molar-refractivity contribution >= 4 is 40.3 Å². The highest BCUT2D eigenvalue weighted by Crippen LogP contribution is 2.24. The minimum Gasteiger partial charge on any atom is -0.355 e. The number of thioether (sulfide) groups is 1. The summed E-state index contributed by atoms with van der Waals surface area (Å²) < 4.78 is 1.98. The van der Waals surface area contributed by atoms with E-state index in [1.807, 2.05) is 29.8 Å². The van der Waals surface area contributed by atoms with E-state index in [-0.39, 0.29) is 5.91 Å². The fraction of sp³-hybridized carbons (Fsp3) is 0.467. The van der Waals surface area contributed by atoms with Gasteiger partial charge in [0.15, 0.2) is 5.16 Å². The summed E-state index contributed by atoms with van der Waals surface area (Å²) in [6, 6.07) is 5.62. The van der Waals surface area contributed by atoms with Crippen molar-refractivity contribution in [3.05, 3.63) is 23.2 Å². The molecule has 0 aliphatic rings. The molecule has 0 atom stereocenters. The number of rotatable bonds is 6. The van der Waals surface area contributed by atoms with Gasteiger partial charge in [-0.3, -0.25) is 4.79 Å². The van der Waals surface area contributed by atoms with Crippen LogP contribution in [0.3, 0.4) is 0 Å². The number of aryl methyl sites for hydroxylation is 1. The highest BCUT2D eigenvalue weighted by atomic mass is 35.5. The van der Waals surface area contributed by atoms with Crippen LogP contribution in [0.25, 0.3) is 11.0 Å². The first-order valence-electron chi connectivity index (χ1n) is 6.99. The standard InChI is InChI=1S/C15H20ClN3OS/c1-10(2)6-7-17-14(20)9-21-15-18-12-8-11(16)4-5-13(12)19(15)3/h4-5,8,10H,6-7,9H2,1-3H3,(H,17,20). The van der Waals surface area contributed by atoms with Crippen molar-refractivity contribution in [2.75, 3.05) is 12.3 Å². The van der Waals surface area contributed by atoms with Gasteiger partial charge < -0.3 is 9.88 Å². The molecule has 0 fully saturated rings. The number of benzene rings is 1. The van der Waals surface area contributed by atoms with Crippen molar-refractivity contribution in [1.82, 2.24) is 14.9 Å². The second-order valence-electron chi connectivity index (χ2n) is 5.41. The molecule has 0 aliphatic heterocycles. The van der Waals surface area contributed by atoms with Crippen LogP contribution in [0.2, 0.25) is 5.02 Å². The lowest BCUT2D eigenvalue weighted by atomic mass is 10.1. The molecule has 114 valence electrons. The SMILES string of the molecule is CC(C)CCNC(=O)CSc1nc2cc(Cl)ccc2n1C. The number of amides is 1. The van der Waals surface area contributed by atoms with Crippen LogP contribution in [-0.4, -0.2) is 27.8 Å². The maximum Gasteiger partial charge on any atom is 0.230 e. The molecule has 21 heavy (non-hydrogen) atoms. The lowest BCUT2D eigenvalue weighted by molar-refractivity contribution is -0.118. The Morgan fingerprint density at radius 3 is 2.95 bits per heavy atom. The number of carbonyl (C=O) groups is 1. The quantitative estimate of drug-likeness (QED) is 0.827. The van der Waals surface area contributed by atoms with E-state index in [0.717, 1.165) is 29.2 Å². The fourth-order valence-corrected chi connectivity index (χ4v) is 2.94. The second kappa shape index (κ2) is 7.18. The number of aromatic nitrogens is 2. The molecule has 1 aromatic heterocycles. The molecule has 0 saturated carbocycles. The number of halogens is 1. The van der Waals surface area contributed by atoms with Gasteiger partial charge >= 0.3 is 0 Å². The predicted molar refractivity (Wildman–Crippen MR) is 88.9 cm³/mol. The van der Waals surface area contributed by atoms with Crippen molar-refractivity contribution in [2.24, 2.45) is 13.0 Å². The van der Waals surface area contributed by atoms with Gasteiger partial charge in [-0.05, 0) is 30.5 Å². The molecule has 1 N–H and O–H groups in total. The third-order valence-corrected chi connectivity index (χ3v) is 4.44. The van der Waals surface area contributed by atoms with Gasteiger partial charge in [0, 0.05) is 18.6 Å². The summed E-state index contributed by atoms with van der Waals surface area (Å²) >= 11 is 7.41. The first kappa shape index (κ1) is 16.2. The van der Waals surface area contributed by atoms with Crippen LogP contribution in [0, 0.1) is 5.92 Å². The number of imidazole rings is 1. The highest BCUT2D eigenvalue weighted by molar-refractivity contribution is 7.99. The number of nitrogens with zero attached hydrogens (tertiary/aromatic N) is 2. The number of hydrogen-bond acceptors (Lipinski definition) is 3. The maximum absolute atomic E-state index is 11.8. The third kappa shape index (κ3) is 4.38. The molecular formula is C15H20ClN3OS. The van der Waals surface area contributed by atoms with E-state index in [0.29, 0.717) is 16.7 Å². The normalized spacial score (nSPS) is 11.3. The zero-order valence-electron chi connectivity index (χ0n) is 12.5. The molecule has 0 unspecified atom stereocenters. The third-order valence-electron chi connectivity index (χ3n) is 3.18. The van der Waals surface area contributed by atoms with Crippen LogP contribution >= 0.6 is 23.4 Å². The molecule has 0 saturated heterocycles. The Labute approximate surface area is 134 Å². The second-order valence-corrected chi connectivity index (χ2v) is 6.79. The van der Waals surface area contributed by atoms with Gasteiger partial charge in [-0.15, -0.1) is 0 Å². The van der Waals surface area contributed by atoms with E-state index in [9.17, 15) is 4.79 Å². The summed E-state index contributed by atoms with van der Waals surface area (Å²) in [5, 5.41) is 4.42. The van der Waals surface area contributed by atoms with Crippen LogP contribution < -0.4 is 5.32 Å². The average Bonchev–Trinajstić information content (AvgIpc) is 2.72. The van der Waals surface area contributed by atoms with E-state index >= 15 is 0 Å². The Hall–Kier alpha value is -1.20. The van der Waals surface area contributed by atoms with Gasteiger partial charge in [0.05, 0.1) is 16.8 Å². The highest BCUT2D eigenvalue weighted by Gasteiger charge is 2.10. The van der Waals surface area contributed by atoms with Gasteiger partial charge in [0.2, 0.25) is 5.91 Å². The van der Waals surface area contributed by atoms with Gasteiger partial charge in [0.1, 0.15) is 0 Å². The molecule has 2 rings (SSSR count). The van der Waals surface area contributed by atoms with E-state index in [4.69, 9.17) is 11.6 Å². The van der Waals surface area contributed by atoms with Gasteiger partial charge in [-0.25, -0.2) is 4.98 Å². The van der Waals surface area contributed by atoms with Crippen LogP contribution in [0.5, 0.6) is 0 Å². The summed E-state index contributed by atoms with van der Waals surface area (Å²) in [4.78, 5) is 16.3. The lowest BCUT2D eigenvalue weighted by Crippen LogP contribution is -2.27. The van der Waals surface area contributed by atoms with Crippen molar-refractivity contribution in [2.45, 2.75) is 25.4 Å². The Balaban J connectivity index is 1.94. The number of fused-ring (bicyclic) bond motifs is 1. The molecule has 1 amide bonds. The van der Waals surface area contributed by atoms with Crippen LogP contribution in [0.1, 0.15) is 20.3 Å². The topological polar surface area (TPSA) is 46.9 Å². The van der Waals surface area contributed by atoms with Crippen LogP contribution in [0.15, 0.2) is 23.4 Å². The van der Waals surface area contributed by atoms with E-state index in [1.54, 1.807) is 0 Å². The number of carbonyl (C=O) groups excluding carboxylic acids is 1. The van der Waals surface area contributed by atoms with Gasteiger partial charge in [-0.2, -0.15) is 0 Å². The largest absolute Gasteiger partial charge is 0.355 e. The summed E-state index contributed by atoms with van der Waals surface area (Å²) in [5.41, 5.74) is 1.87. The summed E-state index contributed by atoms with van der Waals surface area (Å²) in [7, 11) is 1.95. The molecule has 0 radical (unpaired) electrons. The predicted octanol–water partition coefficient (Wildman–Crippen LogP) is 3.48. The van der Waals surface area contributed by atoms with Gasteiger partial charge in [-0.1, -0.05) is 37.2 Å². The molecule has 1 heterocycles. The minimum atomic E-state index is 0.0470. The van der Waals surface area contributed by atoms with Crippen molar-refractivity contribution in [1.29, 1.82) is 0 Å². The average molecular weight is 326 g/mol. The summed E-state index contributed by atoms with van der Waals surface area (Å²) in [5.74, 6) is 1.02. The monoisotopic (exact) mass is 325 g/mol. The molecule has 1 aromatic carbocycles. The minimum absolute atomic E-state index is 0.0470. The first-order chi connectivity index (χ1) is 9.97. The Morgan fingerprint density at radius 2 is 2.24 bits per heavy atom. The summed E-state index contributed by atoms with van der Waals surface area (Å²) in [6.45, 7) is 5.02. The Morgan fingerprint density at radius 1 is 1.48 bits per heavy atom. The molecular weight excluding hydrogens is 306 g/mol. The number of nitrogens with one attached hydrogen (secondary N) is 1. The van der Waals surface area contributed by atoms with Crippen molar-refractivity contribution in [3.63, 3.8) is 0 Å². The van der Waals surface area contributed by atoms with Crippen molar-refractivity contribution in [3.8, 4) is 0 Å². The lowest BCUT2D eigenvalue weighted by Gasteiger charge is -2.07. The zero-order valence-corrected chi connectivity index (χ0v) is 14.1. The fourth-order valence-electron chi connectivity index (χ4n) is 1.96. The molecule has 0 aliphatic carbocycles. The first-order valence-corrected chi connectivity index (χ1v) is 8.35. The van der Waals surface area contributed by atoms with E-state index < -0.39 is 0 Å². The zero-order chi connectivity index (χ0) is 15.4. The Kier molecular flexibility index (Phi) is 5.53. The number of hydrogen-bond donors (Lipinski definition) is 1. The van der Waals surface area contributed by atoms with Gasteiger partial charge in [0.25, 0.3) is 0 Å². The smallest absolute Gasteiger partial charge is 0.230 e. The molecule has 6 heteroatoms. The van der Waals surface area contributed by atoms with Crippen LogP contribution in [0.4, 0.5) is 0 Å². The van der Waals surface area contributed by atoms with Crippen LogP contribution in [-0.2, 0) is 11.8 Å². The van der Waals surface area contributed by atoms with Crippen molar-refractivity contribution < 1.29 is 4.79 Å². The molecule has 0 spiro atoms. The van der Waals surface area contributed by atoms with E-state index in [2.05, 4.69) is 24.1 Å². The summed E-state index contributed by atoms with van der Waals surface area (Å²) in [6.07, 6.45) is 1.00.